The van der Waals surface area contributed by atoms with E-state index in [2.05, 4.69) is 109 Å². The molecule has 1 aliphatic heterocycles. The molecule has 5 aromatic carbocycles. The van der Waals surface area contributed by atoms with Crippen LogP contribution in [0.1, 0.15) is 12.0 Å². The van der Waals surface area contributed by atoms with Crippen molar-refractivity contribution in [1.82, 2.24) is 0 Å². The summed E-state index contributed by atoms with van der Waals surface area (Å²) in [5.74, 6) is 1.04. The standard InChI is InChI=1S/C31H23OSi.2ClH.Zr/c1-32-29-27(21-12-8-9-13-21)31-30(26-20-22-14-10-11-19-25(22)28(26)29)33(31,23-15-4-2-5-16-23)24-17-6-3-7-18-24;;;/h2-12,14-20H,13H2,1H3;2*1H;/q-1;;;+3/p-2. The zero-order valence-electron chi connectivity index (χ0n) is 19.8. The maximum Gasteiger partial charge on any atom is 3.00 e. The van der Waals surface area contributed by atoms with Crippen LogP contribution in [0.2, 0.25) is 0 Å². The zero-order chi connectivity index (χ0) is 22.0. The number of benzene rings is 4. The summed E-state index contributed by atoms with van der Waals surface area (Å²) in [6, 6.07) is 33.5. The van der Waals surface area contributed by atoms with Crippen molar-refractivity contribution in [3.05, 3.63) is 115 Å². The summed E-state index contributed by atoms with van der Waals surface area (Å²) in [6.45, 7) is 0. The van der Waals surface area contributed by atoms with Crippen LogP contribution >= 0.6 is 0 Å². The summed E-state index contributed by atoms with van der Waals surface area (Å²) in [4.78, 5) is 0. The van der Waals surface area contributed by atoms with Crippen molar-refractivity contribution in [3.8, 4) is 5.75 Å². The first-order valence-corrected chi connectivity index (χ1v) is 13.6. The molecule has 0 saturated heterocycles. The third-order valence-corrected chi connectivity index (χ3v) is 12.1. The molecule has 0 bridgehead atoms. The van der Waals surface area contributed by atoms with E-state index < -0.39 is 8.07 Å². The molecule has 1 aliphatic carbocycles. The minimum absolute atomic E-state index is 0. The number of fused-ring (bicyclic) bond motifs is 5. The van der Waals surface area contributed by atoms with Crippen LogP contribution in [0.3, 0.4) is 0 Å². The third kappa shape index (κ3) is 3.56. The summed E-state index contributed by atoms with van der Waals surface area (Å²) in [7, 11) is -0.439. The fraction of sp³-hybridized carbons (Fsp3) is 0.0645. The zero-order valence-corrected chi connectivity index (χ0v) is 24.7. The van der Waals surface area contributed by atoms with Gasteiger partial charge in [-0.2, -0.15) is 0 Å². The largest absolute Gasteiger partial charge is 3.00 e. The fourth-order valence-electron chi connectivity index (χ4n) is 6.10. The van der Waals surface area contributed by atoms with E-state index in [0.717, 1.165) is 12.2 Å². The Balaban J connectivity index is 0.00000101. The molecule has 0 unspecified atom stereocenters. The van der Waals surface area contributed by atoms with Crippen LogP contribution in [0, 0.1) is 0 Å². The Morgan fingerprint density at radius 1 is 0.778 bits per heavy atom. The van der Waals surface area contributed by atoms with Crippen LogP contribution in [0.15, 0.2) is 109 Å². The molecule has 1 heterocycles. The number of halogens is 2. The van der Waals surface area contributed by atoms with Gasteiger partial charge in [-0.1, -0.05) is 123 Å². The van der Waals surface area contributed by atoms with Crippen LogP contribution in [0.4, 0.5) is 0 Å². The molecule has 175 valence electrons. The maximum atomic E-state index is 6.27. The molecule has 0 N–H and O–H groups in total. The molecule has 5 heteroatoms. The number of rotatable bonds is 4. The summed E-state index contributed by atoms with van der Waals surface area (Å²) < 4.78 is 6.27. The first-order valence-electron chi connectivity index (χ1n) is 11.6. The Bertz CT molecular complexity index is 1580. The molecule has 36 heavy (non-hydrogen) atoms. The second kappa shape index (κ2) is 10.2. The Labute approximate surface area is 244 Å². The fourth-order valence-corrected chi connectivity index (χ4v) is 11.4. The SMILES string of the molecule is COc1c(C2=CC=CC2)c2c(c3[cH-]c4ccccc4c13)[Si]2(c1ccccc1)c1ccccc1.[Cl-].[Cl-].[Zr+3]. The second-order valence-electron chi connectivity index (χ2n) is 8.98. The summed E-state index contributed by atoms with van der Waals surface area (Å²) in [6.07, 6.45) is 7.68. The van der Waals surface area contributed by atoms with Crippen molar-refractivity contribution >= 4 is 55.9 Å². The van der Waals surface area contributed by atoms with Crippen LogP contribution in [0.5, 0.6) is 5.75 Å². The number of allylic oxidation sites excluding steroid dienone is 4. The predicted octanol–water partition coefficient (Wildman–Crippen LogP) is -1.24. The molecular formula is C31H23Cl2OSiZr. The van der Waals surface area contributed by atoms with Gasteiger partial charge in [0.2, 0.25) is 0 Å². The van der Waals surface area contributed by atoms with Crippen LogP contribution < -0.4 is 50.3 Å². The van der Waals surface area contributed by atoms with E-state index >= 15 is 0 Å². The van der Waals surface area contributed by atoms with Crippen molar-refractivity contribution < 1.29 is 55.8 Å². The van der Waals surface area contributed by atoms with Crippen LogP contribution in [0.25, 0.3) is 27.1 Å². The molecule has 0 amide bonds. The predicted molar refractivity (Wildman–Crippen MR) is 143 cm³/mol. The monoisotopic (exact) mass is 599 g/mol. The van der Waals surface area contributed by atoms with Crippen molar-refractivity contribution in [3.63, 3.8) is 0 Å². The van der Waals surface area contributed by atoms with Crippen molar-refractivity contribution in [2.45, 2.75) is 6.42 Å². The minimum Gasteiger partial charge on any atom is -1.00 e. The van der Waals surface area contributed by atoms with Gasteiger partial charge in [-0.15, -0.1) is 28.3 Å². The number of ether oxygens (including phenoxy) is 1. The first-order chi connectivity index (χ1) is 16.4. The van der Waals surface area contributed by atoms with Gasteiger partial charge < -0.3 is 29.6 Å². The van der Waals surface area contributed by atoms with Gasteiger partial charge in [0.25, 0.3) is 0 Å². The van der Waals surface area contributed by atoms with E-state index in [1.807, 2.05) is 7.11 Å². The molecule has 1 radical (unpaired) electrons. The second-order valence-corrected chi connectivity index (χ2v) is 12.6. The average molecular weight is 602 g/mol. The van der Waals surface area contributed by atoms with Gasteiger partial charge in [0.15, 0.2) is 0 Å². The van der Waals surface area contributed by atoms with Gasteiger partial charge in [0.05, 0.1) is 12.9 Å². The van der Waals surface area contributed by atoms with E-state index in [1.165, 1.54) is 48.2 Å². The Kier molecular flexibility index (Phi) is 7.60. The molecule has 1 nitrogen and oxygen atoms in total. The Morgan fingerprint density at radius 3 is 1.97 bits per heavy atom. The van der Waals surface area contributed by atoms with E-state index in [-0.39, 0.29) is 51.0 Å². The molecule has 0 aromatic heterocycles. The topological polar surface area (TPSA) is 9.23 Å². The average Bonchev–Trinajstić information content (AvgIpc) is 3.16. The van der Waals surface area contributed by atoms with Crippen LogP contribution in [-0.4, -0.2) is 15.2 Å². The van der Waals surface area contributed by atoms with E-state index in [4.69, 9.17) is 4.74 Å². The molecule has 2 aliphatic rings. The quantitative estimate of drug-likeness (QED) is 0.182. The third-order valence-electron chi connectivity index (χ3n) is 7.42. The summed E-state index contributed by atoms with van der Waals surface area (Å²) in [5, 5.41) is 11.2. The van der Waals surface area contributed by atoms with E-state index in [1.54, 1.807) is 5.19 Å². The normalized spacial score (nSPS) is 14.3. The van der Waals surface area contributed by atoms with Gasteiger partial charge in [0.1, 0.15) is 8.07 Å². The molecular weight excluding hydrogens is 579 g/mol. The number of hydrogen-bond acceptors (Lipinski definition) is 1. The summed E-state index contributed by atoms with van der Waals surface area (Å²) >= 11 is 0. The Hall–Kier alpha value is -2.29. The maximum absolute atomic E-state index is 6.27. The number of methoxy groups -OCH3 is 1. The van der Waals surface area contributed by atoms with Gasteiger partial charge in [0, 0.05) is 5.56 Å². The van der Waals surface area contributed by atoms with E-state index in [9.17, 15) is 0 Å². The van der Waals surface area contributed by atoms with Gasteiger partial charge in [-0.3, -0.25) is 0 Å². The molecule has 0 fully saturated rings. The summed E-state index contributed by atoms with van der Waals surface area (Å²) in [5.41, 5.74) is 2.71. The van der Waals surface area contributed by atoms with Crippen LogP contribution in [-0.2, 0) is 26.2 Å². The molecule has 0 spiro atoms. The van der Waals surface area contributed by atoms with E-state index in [0.29, 0.717) is 0 Å². The van der Waals surface area contributed by atoms with Gasteiger partial charge >= 0.3 is 26.2 Å². The smallest absolute Gasteiger partial charge is 1.00 e. The molecule has 0 atom stereocenters. The molecule has 7 rings (SSSR count). The molecule has 0 saturated carbocycles. The van der Waals surface area contributed by atoms with Gasteiger partial charge in [-0.05, 0) is 12.0 Å². The number of hydrogen-bond donors (Lipinski definition) is 0. The molecule has 5 aromatic rings. The Morgan fingerprint density at radius 2 is 1.39 bits per heavy atom. The van der Waals surface area contributed by atoms with Crippen molar-refractivity contribution in [2.24, 2.45) is 0 Å². The van der Waals surface area contributed by atoms with Gasteiger partial charge in [-0.25, -0.2) is 0 Å². The first kappa shape index (κ1) is 26.8. The minimum atomic E-state index is -2.28. The van der Waals surface area contributed by atoms with Crippen molar-refractivity contribution in [2.75, 3.05) is 7.11 Å². The van der Waals surface area contributed by atoms with Crippen molar-refractivity contribution in [1.29, 1.82) is 0 Å².